The number of rotatable bonds is 0. The molecule has 2 N–H and O–H groups in total. The molecule has 60 valence electrons. The molecule has 0 spiro atoms. The van der Waals surface area contributed by atoms with Crippen molar-refractivity contribution in [2.24, 2.45) is 5.73 Å². The van der Waals surface area contributed by atoms with Crippen LogP contribution in [0.15, 0.2) is 0 Å². The highest BCUT2D eigenvalue weighted by atomic mass is 15.4. The van der Waals surface area contributed by atoms with Gasteiger partial charge >= 0.3 is 0 Å². The van der Waals surface area contributed by atoms with Crippen LogP contribution in [0.5, 0.6) is 0 Å². The van der Waals surface area contributed by atoms with E-state index in [0.717, 1.165) is 31.0 Å². The topological polar surface area (TPSA) is 56.7 Å². The number of aromatic nitrogens is 3. The number of nitrogens with two attached hydrogens (primary N) is 1. The van der Waals surface area contributed by atoms with Crippen molar-refractivity contribution >= 4 is 0 Å². The Labute approximate surface area is 65.4 Å². The minimum Gasteiger partial charge on any atom is -0.326 e. The molecule has 0 saturated heterocycles. The summed E-state index contributed by atoms with van der Waals surface area (Å²) in [5.41, 5.74) is 5.77. The van der Waals surface area contributed by atoms with Crippen LogP contribution in [0.2, 0.25) is 0 Å². The average Bonchev–Trinajstić information content (AvgIpc) is 2.27. The average molecular weight is 152 g/mol. The van der Waals surface area contributed by atoms with E-state index < -0.39 is 0 Å². The summed E-state index contributed by atoms with van der Waals surface area (Å²) in [5.74, 6) is 1.94. The summed E-state index contributed by atoms with van der Waals surface area (Å²) in [6.07, 6.45) is 2.01. The van der Waals surface area contributed by atoms with Gasteiger partial charge in [-0.25, -0.2) is 9.67 Å². The highest BCUT2D eigenvalue weighted by molar-refractivity contribution is 4.95. The Morgan fingerprint density at radius 3 is 3.27 bits per heavy atom. The fraction of sp³-hybridized carbons (Fsp3) is 0.714. The van der Waals surface area contributed by atoms with E-state index in [1.165, 1.54) is 0 Å². The monoisotopic (exact) mass is 152 g/mol. The van der Waals surface area contributed by atoms with Gasteiger partial charge in [-0.1, -0.05) is 0 Å². The molecule has 1 aliphatic heterocycles. The highest BCUT2D eigenvalue weighted by Crippen LogP contribution is 2.10. The first-order chi connectivity index (χ1) is 5.25. The van der Waals surface area contributed by atoms with E-state index in [-0.39, 0.29) is 6.04 Å². The molecule has 4 nitrogen and oxygen atoms in total. The molecule has 1 aromatic rings. The van der Waals surface area contributed by atoms with E-state index in [1.54, 1.807) is 0 Å². The van der Waals surface area contributed by atoms with Crippen molar-refractivity contribution in [1.29, 1.82) is 0 Å². The summed E-state index contributed by atoms with van der Waals surface area (Å²) in [6.45, 7) is 2.74. The van der Waals surface area contributed by atoms with E-state index in [0.29, 0.717) is 0 Å². The number of fused-ring (bicyclic) bond motifs is 1. The fourth-order valence-corrected chi connectivity index (χ4v) is 1.46. The Bertz CT molecular complexity index is 265. The maximum absolute atomic E-state index is 5.77. The Morgan fingerprint density at radius 1 is 1.64 bits per heavy atom. The lowest BCUT2D eigenvalue weighted by atomic mass is 10.1. The van der Waals surface area contributed by atoms with Gasteiger partial charge in [0.15, 0.2) is 0 Å². The van der Waals surface area contributed by atoms with Crippen molar-refractivity contribution in [2.45, 2.75) is 32.4 Å². The zero-order valence-electron chi connectivity index (χ0n) is 6.62. The lowest BCUT2D eigenvalue weighted by Gasteiger charge is -2.17. The molecule has 0 fully saturated rings. The van der Waals surface area contributed by atoms with Crippen LogP contribution in [-0.2, 0) is 13.0 Å². The summed E-state index contributed by atoms with van der Waals surface area (Å²) in [6, 6.07) is 0.267. The molecule has 0 aromatic carbocycles. The first kappa shape index (κ1) is 6.79. The molecule has 0 radical (unpaired) electrons. The summed E-state index contributed by atoms with van der Waals surface area (Å²) in [7, 11) is 0. The van der Waals surface area contributed by atoms with Crippen LogP contribution in [0.25, 0.3) is 0 Å². The third-order valence-electron chi connectivity index (χ3n) is 2.00. The number of hydrogen-bond donors (Lipinski definition) is 1. The van der Waals surface area contributed by atoms with Crippen LogP contribution in [-0.4, -0.2) is 20.8 Å². The first-order valence-corrected chi connectivity index (χ1v) is 3.91. The Balaban J connectivity index is 2.34. The first-order valence-electron chi connectivity index (χ1n) is 3.91. The van der Waals surface area contributed by atoms with Crippen molar-refractivity contribution in [1.82, 2.24) is 14.8 Å². The van der Waals surface area contributed by atoms with Crippen molar-refractivity contribution < 1.29 is 0 Å². The second-order valence-corrected chi connectivity index (χ2v) is 3.06. The molecule has 0 bridgehead atoms. The normalized spacial score (nSPS) is 23.3. The van der Waals surface area contributed by atoms with Crippen molar-refractivity contribution in [3.63, 3.8) is 0 Å². The molecule has 4 heteroatoms. The Kier molecular flexibility index (Phi) is 1.42. The van der Waals surface area contributed by atoms with Crippen molar-refractivity contribution in [2.75, 3.05) is 0 Å². The van der Waals surface area contributed by atoms with Gasteiger partial charge in [0.1, 0.15) is 11.6 Å². The fourth-order valence-electron chi connectivity index (χ4n) is 1.46. The lowest BCUT2D eigenvalue weighted by Crippen LogP contribution is -2.32. The number of aryl methyl sites for hydroxylation is 2. The predicted molar refractivity (Wildman–Crippen MR) is 41.1 cm³/mol. The van der Waals surface area contributed by atoms with Gasteiger partial charge in [0.05, 0.1) is 6.54 Å². The van der Waals surface area contributed by atoms with E-state index in [4.69, 9.17) is 5.73 Å². The van der Waals surface area contributed by atoms with Gasteiger partial charge in [0.25, 0.3) is 0 Å². The van der Waals surface area contributed by atoms with Gasteiger partial charge < -0.3 is 5.73 Å². The van der Waals surface area contributed by atoms with Gasteiger partial charge in [-0.3, -0.25) is 0 Å². The third kappa shape index (κ3) is 1.14. The highest BCUT2D eigenvalue weighted by Gasteiger charge is 2.16. The SMILES string of the molecule is Cc1nc2n(n1)C[C@@H](N)CC2. The molecular weight excluding hydrogens is 140 g/mol. The summed E-state index contributed by atoms with van der Waals surface area (Å²) < 4.78 is 1.92. The lowest BCUT2D eigenvalue weighted by molar-refractivity contribution is 0.421. The van der Waals surface area contributed by atoms with E-state index in [1.807, 2.05) is 11.6 Å². The van der Waals surface area contributed by atoms with Gasteiger partial charge in [-0.15, -0.1) is 0 Å². The van der Waals surface area contributed by atoms with Gasteiger partial charge in [-0.2, -0.15) is 5.10 Å². The summed E-state index contributed by atoms with van der Waals surface area (Å²) in [4.78, 5) is 4.28. The molecule has 0 amide bonds. The van der Waals surface area contributed by atoms with Crippen LogP contribution in [0.3, 0.4) is 0 Å². The number of nitrogens with zero attached hydrogens (tertiary/aromatic N) is 3. The standard InChI is InChI=1S/C7H12N4/c1-5-9-7-3-2-6(8)4-11(7)10-5/h6H,2-4,8H2,1H3/t6-/m0/s1. The largest absolute Gasteiger partial charge is 0.326 e. The minimum atomic E-state index is 0.267. The molecular formula is C7H12N4. The molecule has 1 aliphatic rings. The van der Waals surface area contributed by atoms with Crippen molar-refractivity contribution in [3.05, 3.63) is 11.6 Å². The molecule has 2 rings (SSSR count). The second kappa shape index (κ2) is 2.30. The molecule has 1 aromatic heterocycles. The van der Waals surface area contributed by atoms with Crippen LogP contribution >= 0.6 is 0 Å². The zero-order valence-corrected chi connectivity index (χ0v) is 6.62. The van der Waals surface area contributed by atoms with Crippen LogP contribution in [0.4, 0.5) is 0 Å². The third-order valence-corrected chi connectivity index (χ3v) is 2.00. The van der Waals surface area contributed by atoms with Crippen LogP contribution in [0.1, 0.15) is 18.1 Å². The molecule has 0 unspecified atom stereocenters. The molecule has 0 saturated carbocycles. The maximum atomic E-state index is 5.77. The van der Waals surface area contributed by atoms with Gasteiger partial charge in [-0.05, 0) is 13.3 Å². The quantitative estimate of drug-likeness (QED) is 0.563. The Morgan fingerprint density at radius 2 is 2.45 bits per heavy atom. The molecule has 2 heterocycles. The van der Waals surface area contributed by atoms with Gasteiger partial charge in [0.2, 0.25) is 0 Å². The van der Waals surface area contributed by atoms with E-state index >= 15 is 0 Å². The smallest absolute Gasteiger partial charge is 0.147 e. The Hall–Kier alpha value is -0.900. The van der Waals surface area contributed by atoms with Crippen molar-refractivity contribution in [3.8, 4) is 0 Å². The van der Waals surface area contributed by atoms with E-state index in [9.17, 15) is 0 Å². The summed E-state index contributed by atoms with van der Waals surface area (Å²) in [5, 5.41) is 4.23. The maximum Gasteiger partial charge on any atom is 0.147 e. The molecule has 0 aliphatic carbocycles. The van der Waals surface area contributed by atoms with E-state index in [2.05, 4.69) is 10.1 Å². The molecule has 1 atom stereocenters. The number of hydrogen-bond acceptors (Lipinski definition) is 3. The zero-order chi connectivity index (χ0) is 7.84. The van der Waals surface area contributed by atoms with Gasteiger partial charge in [0, 0.05) is 12.5 Å². The minimum absolute atomic E-state index is 0.267. The predicted octanol–water partition coefficient (Wildman–Crippen LogP) is -0.140. The summed E-state index contributed by atoms with van der Waals surface area (Å²) >= 11 is 0. The van der Waals surface area contributed by atoms with Crippen LogP contribution < -0.4 is 5.73 Å². The van der Waals surface area contributed by atoms with Crippen LogP contribution in [0, 0.1) is 6.92 Å². The molecule has 11 heavy (non-hydrogen) atoms. The second-order valence-electron chi connectivity index (χ2n) is 3.06.